The van der Waals surface area contributed by atoms with Crippen molar-refractivity contribution in [1.29, 1.82) is 0 Å². The molecule has 0 bridgehead atoms. The molecule has 5 aliphatic carbocycles. The van der Waals surface area contributed by atoms with Gasteiger partial charge in [0.2, 0.25) is 0 Å². The third-order valence-electron chi connectivity index (χ3n) is 8.57. The van der Waals surface area contributed by atoms with Crippen LogP contribution in [0, 0.1) is 10.8 Å². The third-order valence-corrected chi connectivity index (χ3v) is 15.0. The van der Waals surface area contributed by atoms with Crippen LogP contribution in [0.2, 0.25) is 8.45 Å². The predicted octanol–water partition coefficient (Wildman–Crippen LogP) is 3.14. The molecule has 1 saturated carbocycles. The Kier molecular flexibility index (Phi) is 8.86. The maximum absolute atomic E-state index is 2.58. The van der Waals surface area contributed by atoms with Crippen molar-refractivity contribution in [2.75, 3.05) is 0 Å². The monoisotopic (exact) mass is 542 g/mol. The minimum atomic E-state index is -1.76. The van der Waals surface area contributed by atoms with Crippen molar-refractivity contribution in [3.8, 4) is 0 Å². The topological polar surface area (TPSA) is 0 Å². The van der Waals surface area contributed by atoms with Crippen molar-refractivity contribution in [2.45, 2.75) is 82.1 Å². The third kappa shape index (κ3) is 5.11. The molecule has 0 radical (unpaired) electrons. The van der Waals surface area contributed by atoms with E-state index >= 15 is 0 Å². The van der Waals surface area contributed by atoms with Gasteiger partial charge in [0.1, 0.15) is 0 Å². The molecular formula is C32H40Cl2Ti. The van der Waals surface area contributed by atoms with Crippen LogP contribution in [0.4, 0.5) is 0 Å². The summed E-state index contributed by atoms with van der Waals surface area (Å²) in [5.74, 6) is 0. The van der Waals surface area contributed by atoms with E-state index in [1.807, 2.05) is 3.81 Å². The maximum atomic E-state index is 2.58. The summed E-state index contributed by atoms with van der Waals surface area (Å²) in [6.45, 7) is 14.5. The molecule has 0 amide bonds. The van der Waals surface area contributed by atoms with Gasteiger partial charge >= 0.3 is 208 Å². The molecule has 0 heterocycles. The quantitative estimate of drug-likeness (QED) is 0.470. The molecule has 2 unspecified atom stereocenters. The largest absolute Gasteiger partial charge is 1.00 e. The minimum Gasteiger partial charge on any atom is -1.00 e. The molecule has 3 heteroatoms. The Bertz CT molecular complexity index is 1070. The predicted molar refractivity (Wildman–Crippen MR) is 141 cm³/mol. The van der Waals surface area contributed by atoms with Crippen molar-refractivity contribution in [3.63, 3.8) is 0 Å². The fourth-order valence-electron chi connectivity index (χ4n) is 6.84. The fourth-order valence-corrected chi connectivity index (χ4v) is 13.7. The SMILES string of the molecule is CC1=CC2=C(C=CC=CC2(C)C)[CH]1[Ti+2](=[C]1CCCCC1)[CH]1C(C)=CC2=C1C=CC=CC2(C)C.[Cl-].[Cl-]. The summed E-state index contributed by atoms with van der Waals surface area (Å²) in [7, 11) is 0. The van der Waals surface area contributed by atoms with Crippen molar-refractivity contribution in [3.05, 3.63) is 94.2 Å². The molecule has 0 aromatic heterocycles. The molecule has 0 saturated heterocycles. The summed E-state index contributed by atoms with van der Waals surface area (Å²) >= 11 is -1.76. The second-order valence-electron chi connectivity index (χ2n) is 11.9. The van der Waals surface area contributed by atoms with Gasteiger partial charge in [-0.2, -0.15) is 0 Å². The first-order valence-electron chi connectivity index (χ1n) is 13.0. The number of rotatable bonds is 2. The Morgan fingerprint density at radius 2 is 1.09 bits per heavy atom. The van der Waals surface area contributed by atoms with Crippen LogP contribution >= 0.6 is 0 Å². The average molecular weight is 543 g/mol. The number of hydrogen-bond donors (Lipinski definition) is 0. The smallest absolute Gasteiger partial charge is 1.00 e. The summed E-state index contributed by atoms with van der Waals surface area (Å²) in [5, 5.41) is 0. The standard InChI is InChI=1S/2C13H15.C6H10.2ClH.Ti/c2*1-10-8-11-6-4-5-7-13(2,3)12(11)9-10;1-2-4-6-5-3-1;;;/h2*4-9H,1-3H3;1-5H2;2*1H;/q;;;;;+2/p-2. The van der Waals surface area contributed by atoms with Gasteiger partial charge in [-0.25, -0.2) is 0 Å². The summed E-state index contributed by atoms with van der Waals surface area (Å²) in [6.07, 6.45) is 31.1. The fraction of sp³-hybridized carbons (Fsp3) is 0.469. The van der Waals surface area contributed by atoms with E-state index in [0.717, 1.165) is 0 Å². The zero-order valence-corrected chi connectivity index (χ0v) is 25.3. The van der Waals surface area contributed by atoms with Gasteiger partial charge in [0.25, 0.3) is 0 Å². The molecule has 0 nitrogen and oxygen atoms in total. The van der Waals surface area contributed by atoms with E-state index in [1.54, 1.807) is 33.4 Å². The summed E-state index contributed by atoms with van der Waals surface area (Å²) in [4.78, 5) is 0. The van der Waals surface area contributed by atoms with E-state index in [0.29, 0.717) is 8.45 Å². The first-order chi connectivity index (χ1) is 15.7. The van der Waals surface area contributed by atoms with Gasteiger partial charge in [0.15, 0.2) is 0 Å². The first-order valence-corrected chi connectivity index (χ1v) is 15.6. The molecule has 2 atom stereocenters. The number of allylic oxidation sites excluding steroid dienone is 16. The Balaban J connectivity index is 0.00000171. The molecule has 186 valence electrons. The van der Waals surface area contributed by atoms with Crippen molar-refractivity contribution < 1.29 is 42.2 Å². The van der Waals surface area contributed by atoms with E-state index in [1.165, 1.54) is 32.1 Å². The van der Waals surface area contributed by atoms with Crippen LogP contribution in [0.3, 0.4) is 0 Å². The van der Waals surface area contributed by atoms with E-state index in [4.69, 9.17) is 0 Å². The maximum Gasteiger partial charge on any atom is -1.00 e. The Hall–Kier alpha value is -0.916. The number of halogens is 2. The molecule has 0 aromatic carbocycles. The number of hydrogen-bond acceptors (Lipinski definition) is 0. The molecule has 5 aliphatic rings. The van der Waals surface area contributed by atoms with Crippen LogP contribution in [0.1, 0.15) is 73.6 Å². The van der Waals surface area contributed by atoms with E-state index in [2.05, 4.69) is 102 Å². The normalized spacial score (nSPS) is 27.6. The second kappa shape index (κ2) is 10.8. The Morgan fingerprint density at radius 3 is 1.51 bits per heavy atom. The summed E-state index contributed by atoms with van der Waals surface area (Å²) in [6, 6.07) is 0. The zero-order chi connectivity index (χ0) is 23.4. The molecular weight excluding hydrogens is 503 g/mol. The van der Waals surface area contributed by atoms with Gasteiger partial charge in [0, 0.05) is 0 Å². The van der Waals surface area contributed by atoms with Crippen molar-refractivity contribution in [1.82, 2.24) is 0 Å². The van der Waals surface area contributed by atoms with Gasteiger partial charge in [-0.3, -0.25) is 0 Å². The van der Waals surface area contributed by atoms with Crippen LogP contribution in [-0.4, -0.2) is 3.81 Å². The van der Waals surface area contributed by atoms with E-state index in [9.17, 15) is 0 Å². The molecule has 35 heavy (non-hydrogen) atoms. The summed E-state index contributed by atoms with van der Waals surface area (Å²) < 4.78 is 3.29. The van der Waals surface area contributed by atoms with Crippen LogP contribution in [0.5, 0.6) is 0 Å². The Morgan fingerprint density at radius 1 is 0.657 bits per heavy atom. The zero-order valence-electron chi connectivity index (χ0n) is 22.2. The van der Waals surface area contributed by atoms with Gasteiger partial charge in [-0.1, -0.05) is 0 Å². The van der Waals surface area contributed by atoms with E-state index < -0.39 is 17.4 Å². The van der Waals surface area contributed by atoms with Crippen LogP contribution in [0.25, 0.3) is 0 Å². The first kappa shape index (κ1) is 28.7. The minimum absolute atomic E-state index is 0. The van der Waals surface area contributed by atoms with Crippen LogP contribution < -0.4 is 24.8 Å². The molecule has 0 N–H and O–H groups in total. The van der Waals surface area contributed by atoms with E-state index in [-0.39, 0.29) is 35.6 Å². The van der Waals surface area contributed by atoms with Gasteiger partial charge < -0.3 is 24.8 Å². The van der Waals surface area contributed by atoms with Crippen molar-refractivity contribution in [2.24, 2.45) is 10.8 Å². The average Bonchev–Trinajstić information content (AvgIpc) is 3.18. The van der Waals surface area contributed by atoms with Gasteiger partial charge in [-0.05, 0) is 0 Å². The second-order valence-corrected chi connectivity index (χ2v) is 16.2. The Labute approximate surface area is 232 Å². The molecule has 0 spiro atoms. The van der Waals surface area contributed by atoms with Crippen LogP contribution in [-0.2, 0) is 17.4 Å². The van der Waals surface area contributed by atoms with Crippen LogP contribution in [0.15, 0.2) is 94.2 Å². The van der Waals surface area contributed by atoms with Crippen molar-refractivity contribution >= 4 is 3.81 Å². The molecule has 5 rings (SSSR count). The van der Waals surface area contributed by atoms with Gasteiger partial charge in [-0.15, -0.1) is 0 Å². The summed E-state index contributed by atoms with van der Waals surface area (Å²) in [5.41, 5.74) is 9.92. The molecule has 0 aliphatic heterocycles. The molecule has 1 fully saturated rings. The van der Waals surface area contributed by atoms with Gasteiger partial charge in [0.05, 0.1) is 0 Å². The molecule has 0 aromatic rings.